The molecular weight excluding hydrogens is 504 g/mol. The Hall–Kier alpha value is -3.70. The number of benzene rings is 2. The summed E-state index contributed by atoms with van der Waals surface area (Å²) in [4.78, 5) is 24.6. The summed E-state index contributed by atoms with van der Waals surface area (Å²) in [5.74, 6) is 1.53. The van der Waals surface area contributed by atoms with E-state index in [0.717, 1.165) is 11.1 Å². The van der Waals surface area contributed by atoms with Gasteiger partial charge >= 0.3 is 0 Å². The minimum Gasteiger partial charge on any atom is -0.493 e. The maximum absolute atomic E-state index is 12.3. The van der Waals surface area contributed by atoms with Crippen LogP contribution in [0.2, 0.25) is 0 Å². The zero-order valence-electron chi connectivity index (χ0n) is 22.6. The van der Waals surface area contributed by atoms with E-state index in [1.54, 1.807) is 48.6 Å². The number of hydrogen-bond donors (Lipinski definition) is 2. The Morgan fingerprint density at radius 3 is 1.46 bits per heavy atom. The summed E-state index contributed by atoms with van der Waals surface area (Å²) < 4.78 is 32.7. The van der Waals surface area contributed by atoms with Crippen LogP contribution in [0.15, 0.2) is 48.6 Å². The Bertz CT molecular complexity index is 1020. The highest BCUT2D eigenvalue weighted by atomic mass is 16.5. The van der Waals surface area contributed by atoms with Crippen LogP contribution < -0.4 is 30.4 Å². The maximum Gasteiger partial charge on any atom is 0.163 e. The van der Waals surface area contributed by atoms with Gasteiger partial charge in [-0.1, -0.05) is 24.3 Å². The van der Waals surface area contributed by atoms with E-state index in [4.69, 9.17) is 39.9 Å². The van der Waals surface area contributed by atoms with Gasteiger partial charge in [-0.2, -0.15) is 0 Å². The topological polar surface area (TPSA) is 142 Å². The smallest absolute Gasteiger partial charge is 0.163 e. The quantitative estimate of drug-likeness (QED) is 0.146. The normalized spacial score (nSPS) is 11.2. The molecule has 0 atom stereocenters. The van der Waals surface area contributed by atoms with Crippen LogP contribution in [0.1, 0.15) is 17.5 Å². The molecular formula is C29H38N2O8. The standard InChI is InChI=1S/C29H38N2O8/c1-34-28-19-22(5-9-26(28)38-17-15-36-13-11-30)3-7-24(32)21-25(33)8-4-23-6-10-27(29(20-23)35-2)39-18-16-37-14-12-31/h3-10,19-20H,11-18,21,30-31H2,1-2H3/b7-3+,8-4+. The van der Waals surface area contributed by atoms with Crippen molar-refractivity contribution in [1.29, 1.82) is 0 Å². The van der Waals surface area contributed by atoms with Crippen LogP contribution in [0.5, 0.6) is 23.0 Å². The van der Waals surface area contributed by atoms with Crippen molar-refractivity contribution in [2.75, 3.05) is 67.0 Å². The molecule has 39 heavy (non-hydrogen) atoms. The number of allylic oxidation sites excluding steroid dienone is 2. The summed E-state index contributed by atoms with van der Waals surface area (Å²) in [6.07, 6.45) is 5.73. The molecule has 0 heterocycles. The molecule has 0 aromatic heterocycles. The SMILES string of the molecule is COc1cc(/C=C/C(=O)CC(=O)/C=C/c2ccc(OCCOCCN)c(OC)c2)ccc1OCCOCCN. The fraction of sp³-hybridized carbons (Fsp3) is 0.379. The van der Waals surface area contributed by atoms with E-state index in [1.807, 2.05) is 0 Å². The van der Waals surface area contributed by atoms with Crippen molar-refractivity contribution in [2.24, 2.45) is 11.5 Å². The molecule has 4 N–H and O–H groups in total. The Morgan fingerprint density at radius 2 is 1.08 bits per heavy atom. The molecule has 0 saturated heterocycles. The van der Waals surface area contributed by atoms with Crippen LogP contribution in [0.25, 0.3) is 12.2 Å². The van der Waals surface area contributed by atoms with Crippen molar-refractivity contribution in [3.8, 4) is 23.0 Å². The van der Waals surface area contributed by atoms with E-state index in [0.29, 0.717) is 75.7 Å². The Kier molecular flexibility index (Phi) is 15.0. The molecule has 0 radical (unpaired) electrons. The number of ketones is 2. The van der Waals surface area contributed by atoms with Crippen LogP contribution in [-0.2, 0) is 19.1 Å². The van der Waals surface area contributed by atoms with Crippen LogP contribution in [0, 0.1) is 0 Å². The largest absolute Gasteiger partial charge is 0.493 e. The Balaban J connectivity index is 1.87. The summed E-state index contributed by atoms with van der Waals surface area (Å²) in [5, 5.41) is 0. The predicted octanol–water partition coefficient (Wildman–Crippen LogP) is 2.67. The number of carbonyl (C=O) groups excluding carboxylic acids is 2. The molecule has 212 valence electrons. The van der Waals surface area contributed by atoms with Gasteiger partial charge in [0.2, 0.25) is 0 Å². The van der Waals surface area contributed by atoms with E-state index < -0.39 is 0 Å². The molecule has 10 nitrogen and oxygen atoms in total. The lowest BCUT2D eigenvalue weighted by Gasteiger charge is -2.11. The van der Waals surface area contributed by atoms with Gasteiger partial charge in [0.1, 0.15) is 13.2 Å². The van der Waals surface area contributed by atoms with Gasteiger partial charge < -0.3 is 39.9 Å². The number of nitrogens with two attached hydrogens (primary N) is 2. The predicted molar refractivity (Wildman–Crippen MR) is 149 cm³/mol. The number of hydrogen-bond acceptors (Lipinski definition) is 10. The molecule has 0 amide bonds. The molecule has 0 saturated carbocycles. The third-order valence-corrected chi connectivity index (χ3v) is 5.14. The minimum absolute atomic E-state index is 0.255. The third kappa shape index (κ3) is 12.1. The highest BCUT2D eigenvalue weighted by Crippen LogP contribution is 2.29. The first-order valence-corrected chi connectivity index (χ1v) is 12.6. The highest BCUT2D eigenvalue weighted by Gasteiger charge is 2.08. The zero-order valence-corrected chi connectivity index (χ0v) is 22.6. The molecule has 0 aliphatic rings. The molecule has 2 aromatic rings. The highest BCUT2D eigenvalue weighted by molar-refractivity contribution is 6.10. The number of carbonyl (C=O) groups is 2. The lowest BCUT2D eigenvalue weighted by atomic mass is 10.1. The van der Waals surface area contributed by atoms with E-state index in [9.17, 15) is 9.59 Å². The average Bonchev–Trinajstić information content (AvgIpc) is 2.95. The van der Waals surface area contributed by atoms with Crippen LogP contribution in [0.3, 0.4) is 0 Å². The van der Waals surface area contributed by atoms with Crippen molar-refractivity contribution in [1.82, 2.24) is 0 Å². The summed E-state index contributed by atoms with van der Waals surface area (Å²) in [6.45, 7) is 3.40. The number of ether oxygens (including phenoxy) is 6. The van der Waals surface area contributed by atoms with Gasteiger partial charge in [-0.15, -0.1) is 0 Å². The number of rotatable bonds is 20. The van der Waals surface area contributed by atoms with Gasteiger partial charge in [0.25, 0.3) is 0 Å². The summed E-state index contributed by atoms with van der Waals surface area (Å²) in [6, 6.07) is 10.6. The minimum atomic E-state index is -0.320. The second-order valence-corrected chi connectivity index (χ2v) is 8.10. The van der Waals surface area contributed by atoms with Crippen molar-refractivity contribution < 1.29 is 38.0 Å². The van der Waals surface area contributed by atoms with E-state index in [-0.39, 0.29) is 18.0 Å². The molecule has 2 aromatic carbocycles. The molecule has 0 fully saturated rings. The van der Waals surface area contributed by atoms with Gasteiger partial charge in [-0.05, 0) is 47.5 Å². The van der Waals surface area contributed by atoms with Gasteiger partial charge in [0.05, 0.1) is 47.1 Å². The lowest BCUT2D eigenvalue weighted by Crippen LogP contribution is -2.13. The first kappa shape index (κ1) is 31.5. The van der Waals surface area contributed by atoms with Crippen molar-refractivity contribution >= 4 is 23.7 Å². The van der Waals surface area contributed by atoms with Gasteiger partial charge in [0, 0.05) is 13.1 Å². The molecule has 0 unspecified atom stereocenters. The lowest BCUT2D eigenvalue weighted by molar-refractivity contribution is -0.121. The first-order chi connectivity index (χ1) is 19.0. The second-order valence-electron chi connectivity index (χ2n) is 8.10. The maximum atomic E-state index is 12.3. The molecule has 10 heteroatoms. The Morgan fingerprint density at radius 1 is 0.641 bits per heavy atom. The first-order valence-electron chi connectivity index (χ1n) is 12.6. The van der Waals surface area contributed by atoms with Gasteiger partial charge in [-0.25, -0.2) is 0 Å². The fourth-order valence-corrected chi connectivity index (χ4v) is 3.27. The second kappa shape index (κ2) is 18.5. The van der Waals surface area contributed by atoms with E-state index in [1.165, 1.54) is 26.4 Å². The van der Waals surface area contributed by atoms with Crippen LogP contribution >= 0.6 is 0 Å². The van der Waals surface area contributed by atoms with Crippen LogP contribution in [0.4, 0.5) is 0 Å². The summed E-state index contributed by atoms with van der Waals surface area (Å²) in [5.41, 5.74) is 12.2. The molecule has 0 aliphatic heterocycles. The van der Waals surface area contributed by atoms with E-state index >= 15 is 0 Å². The molecule has 2 rings (SSSR count). The number of methoxy groups -OCH3 is 2. The van der Waals surface area contributed by atoms with E-state index in [2.05, 4.69) is 0 Å². The monoisotopic (exact) mass is 542 g/mol. The van der Waals surface area contributed by atoms with Crippen molar-refractivity contribution in [2.45, 2.75) is 6.42 Å². The fourth-order valence-electron chi connectivity index (χ4n) is 3.27. The molecule has 0 spiro atoms. The molecule has 0 aliphatic carbocycles. The summed E-state index contributed by atoms with van der Waals surface area (Å²) in [7, 11) is 3.07. The van der Waals surface area contributed by atoms with Crippen LogP contribution in [-0.4, -0.2) is 78.5 Å². The van der Waals surface area contributed by atoms with Crippen molar-refractivity contribution in [3.63, 3.8) is 0 Å². The zero-order chi connectivity index (χ0) is 28.3. The molecule has 0 bridgehead atoms. The summed E-state index contributed by atoms with van der Waals surface area (Å²) >= 11 is 0. The van der Waals surface area contributed by atoms with Gasteiger partial charge in [0.15, 0.2) is 34.6 Å². The van der Waals surface area contributed by atoms with Gasteiger partial charge in [-0.3, -0.25) is 9.59 Å². The van der Waals surface area contributed by atoms with Crippen molar-refractivity contribution in [3.05, 3.63) is 59.7 Å². The Labute approximate surface area is 229 Å². The third-order valence-electron chi connectivity index (χ3n) is 5.14. The average molecular weight is 543 g/mol.